The number of benzene rings is 1. The van der Waals surface area contributed by atoms with Gasteiger partial charge in [0.2, 0.25) is 0 Å². The third kappa shape index (κ3) is 5.04. The first-order valence-electron chi connectivity index (χ1n) is 9.92. The molecule has 0 aliphatic heterocycles. The van der Waals surface area contributed by atoms with Crippen LogP contribution < -0.4 is 11.1 Å². The van der Waals surface area contributed by atoms with E-state index in [1.54, 1.807) is 6.26 Å². The Balaban J connectivity index is 0.00000160. The van der Waals surface area contributed by atoms with E-state index in [2.05, 4.69) is 5.32 Å². The zero-order chi connectivity index (χ0) is 19.3. The number of carbonyl (C=O) groups is 1. The minimum atomic E-state index is -0.0221. The second-order valence-corrected chi connectivity index (χ2v) is 7.12. The number of aromatic nitrogens is 1. The summed E-state index contributed by atoms with van der Waals surface area (Å²) in [6.07, 6.45) is 8.29. The molecule has 0 bridgehead atoms. The molecule has 2 aromatic heterocycles. The minimum Gasteiger partial charge on any atom is -0.465 e. The van der Waals surface area contributed by atoms with Crippen molar-refractivity contribution in [1.82, 2.24) is 10.3 Å². The van der Waals surface area contributed by atoms with Gasteiger partial charge in [-0.1, -0.05) is 18.2 Å². The molecule has 0 saturated heterocycles. The van der Waals surface area contributed by atoms with E-state index in [0.717, 1.165) is 71.2 Å². The maximum absolute atomic E-state index is 13.1. The molecule has 0 fully saturated rings. The number of pyridine rings is 1. The molecule has 3 N–H and O–H groups in total. The first kappa shape index (κ1) is 23.9. The van der Waals surface area contributed by atoms with Crippen molar-refractivity contribution in [2.45, 2.75) is 32.1 Å². The van der Waals surface area contributed by atoms with Gasteiger partial charge in [0.25, 0.3) is 5.91 Å². The Hall–Kier alpha value is -2.34. The summed E-state index contributed by atoms with van der Waals surface area (Å²) in [4.78, 5) is 18.0. The van der Waals surface area contributed by atoms with Crippen LogP contribution in [0.1, 0.15) is 53.1 Å². The predicted molar refractivity (Wildman–Crippen MR) is 126 cm³/mol. The van der Waals surface area contributed by atoms with Crippen LogP contribution in [-0.2, 0) is 6.42 Å². The zero-order valence-electron chi connectivity index (χ0n) is 16.7. The lowest BCUT2D eigenvalue weighted by Crippen LogP contribution is -2.27. The number of halogens is 2. The SMILES string of the molecule is Cl.Cl.NCCCCNC(=O)c1c2c(nc3ccccc13)/C(=C\c1ccco1)CCC2. The van der Waals surface area contributed by atoms with E-state index in [9.17, 15) is 4.79 Å². The first-order valence-corrected chi connectivity index (χ1v) is 9.92. The number of nitrogens with one attached hydrogen (secondary N) is 1. The summed E-state index contributed by atoms with van der Waals surface area (Å²) in [7, 11) is 0. The third-order valence-electron chi connectivity index (χ3n) is 5.17. The standard InChI is InChI=1S/C23H25N3O2.2ClH/c24-12-3-4-13-25-23(27)21-18-9-1-2-11-20(18)26-22-16(7-5-10-19(21)22)15-17-8-6-14-28-17;;/h1-2,6,8-9,11,14-15H,3-5,7,10,12-13,24H2,(H,25,27);2*1H/b16-15-;;. The molecule has 3 aromatic rings. The normalized spacial score (nSPS) is 14.0. The number of para-hydroxylation sites is 1. The number of unbranched alkanes of at least 4 members (excludes halogenated alkanes) is 1. The van der Waals surface area contributed by atoms with Gasteiger partial charge in [0.15, 0.2) is 0 Å². The highest BCUT2D eigenvalue weighted by Gasteiger charge is 2.25. The van der Waals surface area contributed by atoms with Crippen molar-refractivity contribution < 1.29 is 9.21 Å². The van der Waals surface area contributed by atoms with Crippen LogP contribution in [0.3, 0.4) is 0 Å². The lowest BCUT2D eigenvalue weighted by molar-refractivity contribution is 0.0953. The van der Waals surface area contributed by atoms with E-state index in [1.807, 2.05) is 42.5 Å². The molecule has 0 spiro atoms. The molecule has 1 aliphatic rings. The zero-order valence-corrected chi connectivity index (χ0v) is 18.4. The van der Waals surface area contributed by atoms with Gasteiger partial charge < -0.3 is 15.5 Å². The molecule has 1 amide bonds. The van der Waals surface area contributed by atoms with Gasteiger partial charge in [0.1, 0.15) is 5.76 Å². The lowest BCUT2D eigenvalue weighted by atomic mass is 9.86. The summed E-state index contributed by atoms with van der Waals surface area (Å²) in [5.41, 5.74) is 10.3. The molecule has 160 valence electrons. The molecule has 1 aromatic carbocycles. The highest BCUT2D eigenvalue weighted by molar-refractivity contribution is 6.09. The van der Waals surface area contributed by atoms with E-state index in [4.69, 9.17) is 15.1 Å². The molecule has 1 aliphatic carbocycles. The summed E-state index contributed by atoms with van der Waals surface area (Å²) in [6.45, 7) is 1.28. The second-order valence-electron chi connectivity index (χ2n) is 7.12. The van der Waals surface area contributed by atoms with E-state index in [0.29, 0.717) is 13.1 Å². The number of hydrogen-bond acceptors (Lipinski definition) is 4. The highest BCUT2D eigenvalue weighted by Crippen LogP contribution is 2.36. The smallest absolute Gasteiger partial charge is 0.252 e. The number of fused-ring (bicyclic) bond motifs is 2. The van der Waals surface area contributed by atoms with Gasteiger partial charge in [-0.15, -0.1) is 24.8 Å². The average molecular weight is 448 g/mol. The monoisotopic (exact) mass is 447 g/mol. The van der Waals surface area contributed by atoms with Gasteiger partial charge in [0.05, 0.1) is 23.0 Å². The molecule has 7 heteroatoms. The van der Waals surface area contributed by atoms with Crippen molar-refractivity contribution in [2.75, 3.05) is 13.1 Å². The number of hydrogen-bond donors (Lipinski definition) is 2. The van der Waals surface area contributed by atoms with Crippen molar-refractivity contribution in [2.24, 2.45) is 5.73 Å². The molecule has 5 nitrogen and oxygen atoms in total. The number of rotatable bonds is 6. The van der Waals surface area contributed by atoms with E-state index in [-0.39, 0.29) is 30.7 Å². The van der Waals surface area contributed by atoms with E-state index >= 15 is 0 Å². The molecular formula is C23H27Cl2N3O2. The lowest BCUT2D eigenvalue weighted by Gasteiger charge is -2.22. The van der Waals surface area contributed by atoms with E-state index < -0.39 is 0 Å². The second kappa shape index (κ2) is 11.2. The fraction of sp³-hybridized carbons (Fsp3) is 0.304. The minimum absolute atomic E-state index is 0. The van der Waals surface area contributed by atoms with Crippen LogP contribution in [-0.4, -0.2) is 24.0 Å². The molecular weight excluding hydrogens is 421 g/mol. The Morgan fingerprint density at radius 1 is 1.13 bits per heavy atom. The molecule has 4 rings (SSSR count). The van der Waals surface area contributed by atoms with Gasteiger partial charge in [-0.05, 0) is 74.1 Å². The van der Waals surface area contributed by atoms with Gasteiger partial charge in [0, 0.05) is 11.9 Å². The van der Waals surface area contributed by atoms with Gasteiger partial charge in [-0.2, -0.15) is 0 Å². The first-order chi connectivity index (χ1) is 13.8. The van der Waals surface area contributed by atoms with Crippen molar-refractivity contribution in [3.63, 3.8) is 0 Å². The highest BCUT2D eigenvalue weighted by atomic mass is 35.5. The summed E-state index contributed by atoms with van der Waals surface area (Å²) >= 11 is 0. The molecule has 0 unspecified atom stereocenters. The Morgan fingerprint density at radius 2 is 1.97 bits per heavy atom. The molecule has 0 radical (unpaired) electrons. The van der Waals surface area contributed by atoms with E-state index in [1.165, 1.54) is 0 Å². The number of nitrogens with two attached hydrogens (primary N) is 1. The average Bonchev–Trinajstić information content (AvgIpc) is 3.23. The van der Waals surface area contributed by atoms with Crippen LogP contribution in [0, 0.1) is 0 Å². The molecule has 0 saturated carbocycles. The number of furan rings is 1. The van der Waals surface area contributed by atoms with Crippen molar-refractivity contribution in [3.05, 3.63) is 65.2 Å². The van der Waals surface area contributed by atoms with Crippen LogP contribution in [0.15, 0.2) is 47.1 Å². The Kier molecular flexibility index (Phi) is 8.90. The van der Waals surface area contributed by atoms with Crippen molar-refractivity contribution in [1.29, 1.82) is 0 Å². The molecule has 0 atom stereocenters. The fourth-order valence-electron chi connectivity index (χ4n) is 3.84. The van der Waals surface area contributed by atoms with Crippen LogP contribution in [0.25, 0.3) is 22.6 Å². The maximum Gasteiger partial charge on any atom is 0.252 e. The number of nitrogens with zero attached hydrogens (tertiary/aromatic N) is 1. The Bertz CT molecular complexity index is 1020. The summed E-state index contributed by atoms with van der Waals surface area (Å²) in [5, 5.41) is 3.99. The number of allylic oxidation sites excluding steroid dienone is 1. The van der Waals surface area contributed by atoms with Crippen LogP contribution >= 0.6 is 24.8 Å². The van der Waals surface area contributed by atoms with Crippen LogP contribution in [0.2, 0.25) is 0 Å². The quantitative estimate of drug-likeness (QED) is 0.519. The van der Waals surface area contributed by atoms with Gasteiger partial charge >= 0.3 is 0 Å². The number of carbonyl (C=O) groups excluding carboxylic acids is 1. The van der Waals surface area contributed by atoms with Crippen LogP contribution in [0.4, 0.5) is 0 Å². The predicted octanol–water partition coefficient (Wildman–Crippen LogP) is 5.02. The number of amides is 1. The van der Waals surface area contributed by atoms with Gasteiger partial charge in [-0.3, -0.25) is 4.79 Å². The largest absolute Gasteiger partial charge is 0.465 e. The molecule has 2 heterocycles. The molecule has 30 heavy (non-hydrogen) atoms. The summed E-state index contributed by atoms with van der Waals surface area (Å²) < 4.78 is 5.50. The Labute approximate surface area is 188 Å². The van der Waals surface area contributed by atoms with Crippen molar-refractivity contribution in [3.8, 4) is 0 Å². The topological polar surface area (TPSA) is 81.1 Å². The maximum atomic E-state index is 13.1. The van der Waals surface area contributed by atoms with Crippen LogP contribution in [0.5, 0.6) is 0 Å². The third-order valence-corrected chi connectivity index (χ3v) is 5.17. The summed E-state index contributed by atoms with van der Waals surface area (Å²) in [5.74, 6) is 0.789. The van der Waals surface area contributed by atoms with Crippen molar-refractivity contribution >= 4 is 53.3 Å². The Morgan fingerprint density at radius 3 is 2.73 bits per heavy atom. The fourth-order valence-corrected chi connectivity index (χ4v) is 3.84. The summed E-state index contributed by atoms with van der Waals surface area (Å²) in [6, 6.07) is 11.7. The van der Waals surface area contributed by atoms with Gasteiger partial charge in [-0.25, -0.2) is 4.98 Å².